The number of hydrogen-bond acceptors (Lipinski definition) is 28. The average molecular weight is 1560 g/mol. The summed E-state index contributed by atoms with van der Waals surface area (Å²) in [6.45, 7) is 28.3. The van der Waals surface area contributed by atoms with Gasteiger partial charge in [-0.15, -0.1) is 5.60 Å². The number of nitriles is 1. The van der Waals surface area contributed by atoms with Crippen LogP contribution in [-0.2, 0) is 110 Å². The molecule has 0 aromatic rings. The summed E-state index contributed by atoms with van der Waals surface area (Å²) in [7, 11) is 0. The molecular weight excluding hydrogens is 1430 g/mol. The van der Waals surface area contributed by atoms with Crippen LogP contribution in [0.3, 0.4) is 0 Å². The van der Waals surface area contributed by atoms with Crippen molar-refractivity contribution >= 4 is 77.2 Å². The Morgan fingerprint density at radius 3 is 1.16 bits per heavy atom. The molecule has 0 aromatic heterocycles. The number of aliphatic imine (C=N–C) groups is 1. The second-order valence-electron chi connectivity index (χ2n) is 26.3. The third-order valence-electron chi connectivity index (χ3n) is 14.1. The fourth-order valence-electron chi connectivity index (χ4n) is 8.88. The van der Waals surface area contributed by atoms with E-state index in [-0.39, 0.29) is 177 Å². The molecule has 0 aliphatic heterocycles. The monoisotopic (exact) mass is 1560 g/mol. The van der Waals surface area contributed by atoms with Crippen molar-refractivity contribution in [1.82, 2.24) is 16.0 Å². The van der Waals surface area contributed by atoms with Crippen LogP contribution in [0.4, 0.5) is 9.59 Å². The third kappa shape index (κ3) is 78.1. The number of unbranched alkanes of at least 4 members (excludes halogenated alkanes) is 15. The van der Waals surface area contributed by atoms with Gasteiger partial charge in [-0.1, -0.05) is 85.0 Å². The average Bonchev–Trinajstić information content (AvgIpc) is 0.879. The Bertz CT molecular complexity index is 2490. The first kappa shape index (κ1) is 110. The Kier molecular flexibility index (Phi) is 76.1. The molecule has 3 N–H and O–H groups in total. The number of alkyl carbamates (subject to hydrolysis) is 2. The standard InChI is InChI=1S/C39H66N2O14.C26H45N3O8.C6H10O3.C4H9O.K/c1-8-50-37(47)35(38(48)51-9-2)36(46)40-22-18-14-11-13-17-21-33(45)55-29(5)26-53-27(3)24-52-28(4)25-54-39(49)41-23-19-15-10-12-16-20-32(44)34(30(6)42)31(7)43;1-22(35-19-24(3)37-25(31)13-9-5-4-6-10-14-28-21-30)17-34-23(2)18-36-26(32)29-15-11-7-8-12-16-33-20-27;1-3-9-6(8)4-5(2)7;1-4(2,3)5;/h27-29,34-35H,8-26H2,1-7H3,(H,40,46)(H,41,49);22-24H,4-19H2,1-3H3,(H,29,32);3-4H2,1-2H3;1-3H3;/q;;;-1;+1. The number of Topliss-reactive ketones (excluding diaryl/α,β-unsaturated/α-hetero) is 4. The number of ether oxygens (including phenoxy) is 12. The van der Waals surface area contributed by atoms with Crippen LogP contribution >= 0.6 is 0 Å². The molecule has 107 heavy (non-hydrogen) atoms. The zero-order valence-electron chi connectivity index (χ0n) is 67.3. The van der Waals surface area contributed by atoms with Gasteiger partial charge in [0.25, 0.3) is 6.26 Å². The molecule has 612 valence electrons. The van der Waals surface area contributed by atoms with E-state index in [0.29, 0.717) is 65.1 Å². The molecule has 31 nitrogen and oxygen atoms in total. The molecule has 0 fully saturated rings. The summed E-state index contributed by atoms with van der Waals surface area (Å²) in [5, 5.41) is 26.4. The third-order valence-corrected chi connectivity index (χ3v) is 14.1. The maximum Gasteiger partial charge on any atom is 1.00 e. The minimum atomic E-state index is -1.64. The SMILES string of the molecule is CC(C)(C)[O-].CC(COC(=O)NCCCCCCOC#N)OCC(C)OCC(C)OC(=O)CCCCCCCN=C=O.CCOC(=O)C(C(=O)NCCCCCCCC(=O)OC(C)COC(C)COC(C)COC(=O)NCCCCCCCC(=O)C(C(C)=O)C(C)=O)C(=O)OCC.CCOC(=O)CC(C)=O.[K+]. The first-order valence-corrected chi connectivity index (χ1v) is 37.4. The second kappa shape index (κ2) is 74.2. The Balaban J connectivity index is -0.000000569. The molecule has 0 aromatic carbocycles. The normalized spacial score (nSPS) is 12.3. The van der Waals surface area contributed by atoms with Gasteiger partial charge in [-0.25, -0.2) is 19.4 Å². The summed E-state index contributed by atoms with van der Waals surface area (Å²) < 4.78 is 62.7. The van der Waals surface area contributed by atoms with Crippen molar-refractivity contribution in [1.29, 1.82) is 5.26 Å². The van der Waals surface area contributed by atoms with Gasteiger partial charge in [0.1, 0.15) is 61.7 Å². The Morgan fingerprint density at radius 1 is 0.439 bits per heavy atom. The molecular formula is C75H130KN5O26. The Labute approximate surface area is 678 Å². The molecule has 6 atom stereocenters. The van der Waals surface area contributed by atoms with E-state index in [4.69, 9.17) is 52.6 Å². The first-order chi connectivity index (χ1) is 50.2. The number of carbonyl (C=O) groups excluding carboxylic acids is 13. The van der Waals surface area contributed by atoms with Crippen LogP contribution in [0.5, 0.6) is 0 Å². The van der Waals surface area contributed by atoms with E-state index in [1.54, 1.807) is 68.6 Å². The second-order valence-corrected chi connectivity index (χ2v) is 26.3. The van der Waals surface area contributed by atoms with Crippen LogP contribution < -0.4 is 72.4 Å². The summed E-state index contributed by atoms with van der Waals surface area (Å²) >= 11 is 0. The van der Waals surface area contributed by atoms with Gasteiger partial charge in [0.15, 0.2) is 5.78 Å². The van der Waals surface area contributed by atoms with E-state index in [1.807, 2.05) is 20.8 Å². The number of isocyanates is 1. The minimum absolute atomic E-state index is 0. The summed E-state index contributed by atoms with van der Waals surface area (Å²) in [4.78, 5) is 153. The van der Waals surface area contributed by atoms with Crippen molar-refractivity contribution in [3.8, 4) is 6.26 Å². The molecule has 0 spiro atoms. The van der Waals surface area contributed by atoms with Crippen molar-refractivity contribution in [3.63, 3.8) is 0 Å². The molecule has 0 aliphatic carbocycles. The van der Waals surface area contributed by atoms with Crippen LogP contribution in [-0.4, -0.2) is 212 Å². The first-order valence-electron chi connectivity index (χ1n) is 37.4. The number of carbonyl (C=O) groups is 12. The molecule has 0 bridgehead atoms. The van der Waals surface area contributed by atoms with Gasteiger partial charge in [-0.3, -0.25) is 47.9 Å². The fourth-order valence-corrected chi connectivity index (χ4v) is 8.88. The van der Waals surface area contributed by atoms with Crippen molar-refractivity contribution in [2.75, 3.05) is 92.2 Å². The van der Waals surface area contributed by atoms with E-state index in [1.165, 1.54) is 26.9 Å². The predicted octanol–water partition coefficient (Wildman–Crippen LogP) is 6.22. The molecule has 0 saturated heterocycles. The van der Waals surface area contributed by atoms with Crippen LogP contribution in [0.15, 0.2) is 4.99 Å². The molecule has 0 aliphatic rings. The van der Waals surface area contributed by atoms with Gasteiger partial charge in [-0.05, 0) is 141 Å². The van der Waals surface area contributed by atoms with E-state index in [2.05, 4.69) is 30.4 Å². The number of nitrogens with zero attached hydrogens (tertiary/aromatic N) is 2. The number of hydrogen-bond donors (Lipinski definition) is 3. The largest absolute Gasteiger partial charge is 1.00 e. The fraction of sp³-hybridized carbons (Fsp3) is 0.813. The number of nitrogens with one attached hydrogen (secondary N) is 3. The molecule has 3 amide bonds. The van der Waals surface area contributed by atoms with Crippen LogP contribution in [0.25, 0.3) is 0 Å². The predicted molar refractivity (Wildman–Crippen MR) is 389 cm³/mol. The van der Waals surface area contributed by atoms with E-state index in [9.17, 15) is 67.4 Å². The van der Waals surface area contributed by atoms with E-state index in [0.717, 1.165) is 103 Å². The van der Waals surface area contributed by atoms with Gasteiger partial charge < -0.3 is 77.9 Å². The maximum absolute atomic E-state index is 12.3. The smallest absolute Gasteiger partial charge is 0.850 e. The number of esters is 5. The summed E-state index contributed by atoms with van der Waals surface area (Å²) in [5.41, 5.74) is -0.750. The van der Waals surface area contributed by atoms with Gasteiger partial charge in [0.2, 0.25) is 17.9 Å². The van der Waals surface area contributed by atoms with Gasteiger partial charge in [-0.2, -0.15) is 5.26 Å². The summed E-state index contributed by atoms with van der Waals surface area (Å²) in [6.07, 6.45) is 16.6. The van der Waals surface area contributed by atoms with E-state index < -0.39 is 71.1 Å². The zero-order valence-corrected chi connectivity index (χ0v) is 70.4. The number of amides is 3. The number of ketones is 4. The van der Waals surface area contributed by atoms with Crippen molar-refractivity contribution < 1.29 is 176 Å². The Hall–Kier alpha value is -5.85. The van der Waals surface area contributed by atoms with Crippen LogP contribution in [0, 0.1) is 23.4 Å². The van der Waals surface area contributed by atoms with Crippen LogP contribution in [0.1, 0.15) is 252 Å². The van der Waals surface area contributed by atoms with Crippen molar-refractivity contribution in [2.24, 2.45) is 16.8 Å². The molecule has 0 saturated carbocycles. The van der Waals surface area contributed by atoms with Gasteiger partial charge in [0, 0.05) is 38.9 Å². The minimum Gasteiger partial charge on any atom is -0.850 e. The summed E-state index contributed by atoms with van der Waals surface area (Å²) in [6, 6.07) is 0. The summed E-state index contributed by atoms with van der Waals surface area (Å²) in [5.74, 6) is -7.70. The van der Waals surface area contributed by atoms with E-state index >= 15 is 0 Å². The maximum atomic E-state index is 12.3. The molecule has 6 unspecified atom stereocenters. The quantitative estimate of drug-likeness (QED) is 0.00888. The topological polar surface area (TPSA) is 428 Å². The Morgan fingerprint density at radius 2 is 0.785 bits per heavy atom. The van der Waals surface area contributed by atoms with Crippen LogP contribution in [0.2, 0.25) is 0 Å². The van der Waals surface area contributed by atoms with Gasteiger partial charge >= 0.3 is 93.4 Å². The van der Waals surface area contributed by atoms with Crippen molar-refractivity contribution in [3.05, 3.63) is 0 Å². The number of rotatable bonds is 60. The molecule has 0 heterocycles. The van der Waals surface area contributed by atoms with Gasteiger partial charge in [0.05, 0.1) is 77.2 Å². The molecule has 0 radical (unpaired) electrons. The van der Waals surface area contributed by atoms with Crippen molar-refractivity contribution in [2.45, 2.75) is 294 Å². The molecule has 0 rings (SSSR count). The molecule has 32 heteroatoms. The zero-order chi connectivity index (χ0) is 80.9.